The van der Waals surface area contributed by atoms with Gasteiger partial charge in [-0.2, -0.15) is 4.80 Å². The fraction of sp³-hybridized carbons (Fsp3) is 0.273. The van der Waals surface area contributed by atoms with Crippen molar-refractivity contribution in [3.05, 3.63) is 52.2 Å². The second kappa shape index (κ2) is 9.08. The SMILES string of the molecule is COC(=O)C1=C(C(=O)OC)N(c2cc3nn(-c4ccc(OC)c(Cl)c4)nc3cc2C)COC1. The van der Waals surface area contributed by atoms with Gasteiger partial charge in [0.2, 0.25) is 0 Å². The number of rotatable bonds is 5. The highest BCUT2D eigenvalue weighted by Gasteiger charge is 2.33. The molecule has 0 radical (unpaired) electrons. The summed E-state index contributed by atoms with van der Waals surface area (Å²) in [6.07, 6.45) is 0. The smallest absolute Gasteiger partial charge is 0.355 e. The monoisotopic (exact) mass is 472 g/mol. The molecule has 2 aromatic carbocycles. The van der Waals surface area contributed by atoms with Crippen LogP contribution < -0.4 is 9.64 Å². The number of nitrogens with zero attached hydrogens (tertiary/aromatic N) is 4. The first kappa shape index (κ1) is 22.6. The number of aryl methyl sites for hydroxylation is 1. The molecule has 0 amide bonds. The summed E-state index contributed by atoms with van der Waals surface area (Å²) < 4.78 is 20.5. The van der Waals surface area contributed by atoms with Crippen LogP contribution in [0.3, 0.4) is 0 Å². The van der Waals surface area contributed by atoms with E-state index in [-0.39, 0.29) is 24.6 Å². The molecular formula is C22H21ClN4O6. The van der Waals surface area contributed by atoms with E-state index in [0.29, 0.717) is 33.2 Å². The van der Waals surface area contributed by atoms with E-state index < -0.39 is 11.9 Å². The van der Waals surface area contributed by atoms with E-state index in [2.05, 4.69) is 10.2 Å². The summed E-state index contributed by atoms with van der Waals surface area (Å²) in [5.41, 5.74) is 3.40. The Kier molecular flexibility index (Phi) is 6.21. The van der Waals surface area contributed by atoms with Crippen LogP contribution in [0.2, 0.25) is 5.02 Å². The summed E-state index contributed by atoms with van der Waals surface area (Å²) in [4.78, 5) is 27.9. The van der Waals surface area contributed by atoms with Crippen LogP contribution in [-0.2, 0) is 23.8 Å². The van der Waals surface area contributed by atoms with E-state index in [1.165, 1.54) is 19.0 Å². The second-order valence-corrected chi connectivity index (χ2v) is 7.56. The van der Waals surface area contributed by atoms with Gasteiger partial charge in [-0.25, -0.2) is 9.59 Å². The van der Waals surface area contributed by atoms with Crippen LogP contribution in [0.25, 0.3) is 16.7 Å². The Morgan fingerprint density at radius 2 is 1.73 bits per heavy atom. The molecule has 0 aliphatic carbocycles. The third-order valence-electron chi connectivity index (χ3n) is 5.19. The number of halogens is 1. The molecule has 33 heavy (non-hydrogen) atoms. The van der Waals surface area contributed by atoms with Gasteiger partial charge in [-0.1, -0.05) is 11.6 Å². The number of aromatic nitrogens is 3. The predicted molar refractivity (Wildman–Crippen MR) is 120 cm³/mol. The molecule has 11 heteroatoms. The molecule has 172 valence electrons. The molecule has 0 fully saturated rings. The highest BCUT2D eigenvalue weighted by Crippen LogP contribution is 2.32. The lowest BCUT2D eigenvalue weighted by atomic mass is 10.1. The molecule has 0 saturated heterocycles. The van der Waals surface area contributed by atoms with Gasteiger partial charge in [0.1, 0.15) is 29.2 Å². The molecule has 0 N–H and O–H groups in total. The van der Waals surface area contributed by atoms with Crippen LogP contribution in [0.5, 0.6) is 5.75 Å². The minimum absolute atomic E-state index is 0.0412. The highest BCUT2D eigenvalue weighted by atomic mass is 35.5. The number of ether oxygens (including phenoxy) is 4. The van der Waals surface area contributed by atoms with E-state index in [0.717, 1.165) is 5.56 Å². The second-order valence-electron chi connectivity index (χ2n) is 7.15. The molecule has 4 rings (SSSR count). The normalized spacial score (nSPS) is 13.9. The maximum absolute atomic E-state index is 12.6. The zero-order chi connectivity index (χ0) is 23.7. The van der Waals surface area contributed by atoms with Crippen molar-refractivity contribution in [1.82, 2.24) is 15.0 Å². The van der Waals surface area contributed by atoms with Crippen molar-refractivity contribution in [3.8, 4) is 11.4 Å². The number of carbonyl (C=O) groups excluding carboxylic acids is 2. The first-order valence-corrected chi connectivity index (χ1v) is 10.2. The lowest BCUT2D eigenvalue weighted by Crippen LogP contribution is -2.39. The van der Waals surface area contributed by atoms with Crippen molar-refractivity contribution < 1.29 is 28.5 Å². The lowest BCUT2D eigenvalue weighted by Gasteiger charge is -2.32. The summed E-state index contributed by atoms with van der Waals surface area (Å²) in [6, 6.07) is 8.82. The summed E-state index contributed by atoms with van der Waals surface area (Å²) in [7, 11) is 4.03. The van der Waals surface area contributed by atoms with Crippen LogP contribution in [0.4, 0.5) is 5.69 Å². The number of fused-ring (bicyclic) bond motifs is 1. The number of hydrogen-bond donors (Lipinski definition) is 0. The molecule has 1 aromatic heterocycles. The molecule has 0 bridgehead atoms. The summed E-state index contributed by atoms with van der Waals surface area (Å²) in [6.45, 7) is 1.84. The van der Waals surface area contributed by atoms with Crippen molar-refractivity contribution in [2.45, 2.75) is 6.92 Å². The van der Waals surface area contributed by atoms with Gasteiger partial charge in [0, 0.05) is 5.69 Å². The zero-order valence-corrected chi connectivity index (χ0v) is 19.2. The van der Waals surface area contributed by atoms with E-state index in [4.69, 9.17) is 30.5 Å². The Hall–Kier alpha value is -3.63. The van der Waals surface area contributed by atoms with E-state index in [1.807, 2.05) is 13.0 Å². The molecule has 3 aromatic rings. The molecule has 10 nitrogen and oxygen atoms in total. The number of anilines is 1. The van der Waals surface area contributed by atoms with Gasteiger partial charge in [-0.15, -0.1) is 10.2 Å². The Morgan fingerprint density at radius 1 is 1.03 bits per heavy atom. The topological polar surface area (TPSA) is 105 Å². The van der Waals surface area contributed by atoms with Crippen molar-refractivity contribution in [2.75, 3.05) is 39.6 Å². The van der Waals surface area contributed by atoms with Gasteiger partial charge < -0.3 is 23.8 Å². The maximum atomic E-state index is 12.6. The number of carbonyl (C=O) groups is 2. The molecule has 0 spiro atoms. The highest BCUT2D eigenvalue weighted by molar-refractivity contribution is 6.32. The fourth-order valence-corrected chi connectivity index (χ4v) is 3.83. The summed E-state index contributed by atoms with van der Waals surface area (Å²) in [5.74, 6) is -0.792. The van der Waals surface area contributed by atoms with Gasteiger partial charge in [-0.05, 0) is 42.8 Å². The molecule has 2 heterocycles. The number of benzene rings is 2. The van der Waals surface area contributed by atoms with Crippen molar-refractivity contribution in [3.63, 3.8) is 0 Å². The minimum atomic E-state index is -0.672. The Labute approximate surface area is 194 Å². The van der Waals surface area contributed by atoms with Crippen molar-refractivity contribution in [2.24, 2.45) is 0 Å². The van der Waals surface area contributed by atoms with Crippen molar-refractivity contribution >= 4 is 40.3 Å². The van der Waals surface area contributed by atoms with E-state index in [9.17, 15) is 9.59 Å². The largest absolute Gasteiger partial charge is 0.495 e. The van der Waals surface area contributed by atoms with E-state index >= 15 is 0 Å². The first-order chi connectivity index (χ1) is 15.9. The Bertz CT molecular complexity index is 1290. The van der Waals surface area contributed by atoms with Crippen LogP contribution in [0.1, 0.15) is 5.56 Å². The lowest BCUT2D eigenvalue weighted by molar-refractivity contribution is -0.140. The average molecular weight is 473 g/mol. The molecule has 0 unspecified atom stereocenters. The van der Waals surface area contributed by atoms with Crippen LogP contribution in [-0.4, -0.2) is 61.6 Å². The average Bonchev–Trinajstić information content (AvgIpc) is 3.24. The van der Waals surface area contributed by atoms with Gasteiger partial charge in [0.05, 0.1) is 44.2 Å². The third-order valence-corrected chi connectivity index (χ3v) is 5.48. The van der Waals surface area contributed by atoms with Gasteiger partial charge in [0.15, 0.2) is 0 Å². The standard InChI is InChI=1S/C22H21ClN4O6/c1-12-7-16-17(25-27(24-16)13-5-6-19(30-2)15(23)8-13)9-18(12)26-11-33-10-14(21(28)31-3)20(26)22(29)32-4/h5-9H,10-11H2,1-4H3. The molecule has 0 atom stereocenters. The van der Waals surface area contributed by atoms with Gasteiger partial charge in [0.25, 0.3) is 0 Å². The minimum Gasteiger partial charge on any atom is -0.495 e. The maximum Gasteiger partial charge on any atom is 0.355 e. The van der Waals surface area contributed by atoms with E-state index in [1.54, 1.807) is 36.3 Å². The van der Waals surface area contributed by atoms with Gasteiger partial charge in [-0.3, -0.25) is 0 Å². The Balaban J connectivity index is 1.81. The van der Waals surface area contributed by atoms with Crippen LogP contribution >= 0.6 is 11.6 Å². The summed E-state index contributed by atoms with van der Waals surface area (Å²) in [5, 5.41) is 9.52. The zero-order valence-electron chi connectivity index (χ0n) is 18.4. The van der Waals surface area contributed by atoms with Crippen molar-refractivity contribution in [1.29, 1.82) is 0 Å². The molecular weight excluding hydrogens is 452 g/mol. The predicted octanol–water partition coefficient (Wildman–Crippen LogP) is 2.79. The summed E-state index contributed by atoms with van der Waals surface area (Å²) >= 11 is 6.24. The molecule has 1 aliphatic rings. The number of esters is 2. The van der Waals surface area contributed by atoms with Gasteiger partial charge >= 0.3 is 11.9 Å². The first-order valence-electron chi connectivity index (χ1n) is 9.84. The molecule has 0 saturated carbocycles. The Morgan fingerprint density at radius 3 is 2.36 bits per heavy atom. The number of methoxy groups -OCH3 is 3. The van der Waals surface area contributed by atoms with Crippen LogP contribution in [0.15, 0.2) is 41.6 Å². The van der Waals surface area contributed by atoms with Crippen LogP contribution in [0, 0.1) is 6.92 Å². The third kappa shape index (κ3) is 4.10. The molecule has 1 aliphatic heterocycles. The quantitative estimate of drug-likeness (QED) is 0.518. The number of hydrogen-bond acceptors (Lipinski definition) is 9. The fourth-order valence-electron chi connectivity index (χ4n) is 3.58.